The van der Waals surface area contributed by atoms with Crippen molar-refractivity contribution >= 4 is 21.4 Å². The Balaban J connectivity index is 3.05. The number of aliphatic hydroxyl groups excluding tert-OH is 3. The summed E-state index contributed by atoms with van der Waals surface area (Å²) in [5.41, 5.74) is 0. The van der Waals surface area contributed by atoms with E-state index >= 15 is 0 Å². The molecule has 9 nitrogen and oxygen atoms in total. The van der Waals surface area contributed by atoms with Crippen molar-refractivity contribution in [2.75, 3.05) is 0 Å². The molecule has 12 heteroatoms. The first-order valence-corrected chi connectivity index (χ1v) is 6.70. The van der Waals surface area contributed by atoms with Crippen molar-refractivity contribution < 1.29 is 44.4 Å². The molecule has 0 saturated heterocycles. The first kappa shape index (κ1) is 18.9. The molecular weight excluding hydrogens is 285 g/mol. The fourth-order valence-electron chi connectivity index (χ4n) is 2.32. The van der Waals surface area contributed by atoms with Crippen LogP contribution in [0.2, 0.25) is 20.5 Å². The van der Waals surface area contributed by atoms with Crippen molar-refractivity contribution in [3.63, 3.8) is 0 Å². The fraction of sp³-hybridized carbons (Fsp3) is 1.00. The molecule has 6 N–H and O–H groups in total. The number of hydrogen-bond acceptors (Lipinski definition) is 9. The molecule has 21 heavy (non-hydrogen) atoms. The summed E-state index contributed by atoms with van der Waals surface area (Å²) in [6.07, 6.45) is -8.56. The van der Waals surface area contributed by atoms with Gasteiger partial charge >= 0.3 is 21.4 Å². The van der Waals surface area contributed by atoms with Gasteiger partial charge in [0, 0.05) is 0 Å². The van der Waals surface area contributed by atoms with Gasteiger partial charge in [0.1, 0.15) is 18.3 Å². The molecule has 1 aliphatic rings. The third-order valence-corrected chi connectivity index (χ3v) is 3.08. The Bertz CT molecular complexity index is 295. The van der Waals surface area contributed by atoms with E-state index in [0.717, 1.165) is 0 Å². The zero-order chi connectivity index (χ0) is 16.3. The van der Waals surface area contributed by atoms with E-state index in [1.54, 1.807) is 0 Å². The lowest BCUT2D eigenvalue weighted by atomic mass is 9.80. The van der Waals surface area contributed by atoms with Crippen molar-refractivity contribution in [3.8, 4) is 0 Å². The van der Waals surface area contributed by atoms with Crippen LogP contribution in [0.1, 0.15) is 0 Å². The molecule has 1 fully saturated rings. The third-order valence-electron chi connectivity index (χ3n) is 3.08. The van der Waals surface area contributed by atoms with Gasteiger partial charge in [0.2, 0.25) is 0 Å². The van der Waals surface area contributed by atoms with Gasteiger partial charge < -0.3 is 44.4 Å². The molecular formula is C9H21B3O9. The lowest BCUT2D eigenvalue weighted by Crippen LogP contribution is -2.67. The van der Waals surface area contributed by atoms with Gasteiger partial charge in [-0.3, -0.25) is 0 Å². The second kappa shape index (κ2) is 7.91. The summed E-state index contributed by atoms with van der Waals surface area (Å²) in [5, 5.41) is 57.7. The minimum atomic E-state index is -1.63. The van der Waals surface area contributed by atoms with Crippen molar-refractivity contribution in [1.82, 2.24) is 0 Å². The SMILES string of the molecule is CB(O)OC1[C@@H](OB(C)O)[C@H](O)C(O)[C@@H](O)[C@@H]1OB(C)O. The molecule has 0 spiro atoms. The predicted octanol–water partition coefficient (Wildman–Crippen LogP) is -3.43. The van der Waals surface area contributed by atoms with Crippen LogP contribution in [-0.4, -0.2) is 88.4 Å². The van der Waals surface area contributed by atoms with Crippen LogP contribution in [0.4, 0.5) is 0 Å². The largest absolute Gasteiger partial charge is 0.451 e. The van der Waals surface area contributed by atoms with Crippen molar-refractivity contribution in [2.45, 2.75) is 57.1 Å². The van der Waals surface area contributed by atoms with Gasteiger partial charge in [-0.15, -0.1) is 0 Å². The van der Waals surface area contributed by atoms with Crippen LogP contribution < -0.4 is 0 Å². The maximum absolute atomic E-state index is 9.97. The number of rotatable bonds is 6. The summed E-state index contributed by atoms with van der Waals surface area (Å²) in [6, 6.07) is 0. The first-order valence-electron chi connectivity index (χ1n) is 6.70. The minimum Gasteiger partial charge on any atom is -0.427 e. The van der Waals surface area contributed by atoms with Crippen LogP contribution in [-0.2, 0) is 14.0 Å². The Morgan fingerprint density at radius 3 is 1.14 bits per heavy atom. The van der Waals surface area contributed by atoms with Crippen LogP contribution in [0.3, 0.4) is 0 Å². The van der Waals surface area contributed by atoms with Gasteiger partial charge in [0.25, 0.3) is 0 Å². The summed E-state index contributed by atoms with van der Waals surface area (Å²) in [4.78, 5) is 0. The average molecular weight is 306 g/mol. The van der Waals surface area contributed by atoms with E-state index < -0.39 is 58.0 Å². The summed E-state index contributed by atoms with van der Waals surface area (Å²) in [7, 11) is -3.87. The number of hydrogen-bond donors (Lipinski definition) is 6. The summed E-state index contributed by atoms with van der Waals surface area (Å²) in [6.45, 7) is 3.87. The second-order valence-corrected chi connectivity index (χ2v) is 5.07. The molecule has 1 saturated carbocycles. The van der Waals surface area contributed by atoms with Gasteiger partial charge in [0.15, 0.2) is 0 Å². The van der Waals surface area contributed by atoms with E-state index in [1.165, 1.54) is 20.5 Å². The van der Waals surface area contributed by atoms with Gasteiger partial charge in [0.05, 0.1) is 18.3 Å². The Kier molecular flexibility index (Phi) is 7.11. The highest BCUT2D eigenvalue weighted by Crippen LogP contribution is 2.29. The highest BCUT2D eigenvalue weighted by Gasteiger charge is 2.52. The van der Waals surface area contributed by atoms with Crippen molar-refractivity contribution in [2.24, 2.45) is 0 Å². The van der Waals surface area contributed by atoms with Gasteiger partial charge in [-0.05, 0) is 20.5 Å². The molecule has 0 amide bonds. The molecule has 0 unspecified atom stereocenters. The second-order valence-electron chi connectivity index (χ2n) is 5.07. The van der Waals surface area contributed by atoms with E-state index in [1.807, 2.05) is 0 Å². The monoisotopic (exact) mass is 306 g/mol. The Morgan fingerprint density at radius 1 is 0.571 bits per heavy atom. The van der Waals surface area contributed by atoms with E-state index in [9.17, 15) is 30.4 Å². The lowest BCUT2D eigenvalue weighted by molar-refractivity contribution is -0.212. The summed E-state index contributed by atoms with van der Waals surface area (Å²) >= 11 is 0. The Morgan fingerprint density at radius 2 is 0.857 bits per heavy atom. The highest BCUT2D eigenvalue weighted by molar-refractivity contribution is 6.41. The number of aliphatic hydroxyl groups is 3. The third kappa shape index (κ3) is 4.91. The topological polar surface area (TPSA) is 149 Å². The van der Waals surface area contributed by atoms with Crippen LogP contribution in [0.25, 0.3) is 0 Å². The van der Waals surface area contributed by atoms with Crippen LogP contribution in [0.5, 0.6) is 0 Å². The van der Waals surface area contributed by atoms with E-state index in [0.29, 0.717) is 0 Å². The van der Waals surface area contributed by atoms with E-state index in [4.69, 9.17) is 14.0 Å². The van der Waals surface area contributed by atoms with E-state index in [2.05, 4.69) is 0 Å². The maximum atomic E-state index is 9.97. The summed E-state index contributed by atoms with van der Waals surface area (Å²) in [5.74, 6) is 0. The van der Waals surface area contributed by atoms with Crippen molar-refractivity contribution in [1.29, 1.82) is 0 Å². The Labute approximate surface area is 123 Å². The normalized spacial score (nSPS) is 36.4. The van der Waals surface area contributed by atoms with Gasteiger partial charge in [-0.1, -0.05) is 0 Å². The van der Waals surface area contributed by atoms with E-state index in [-0.39, 0.29) is 0 Å². The van der Waals surface area contributed by atoms with Crippen LogP contribution >= 0.6 is 0 Å². The minimum absolute atomic E-state index is 1.22. The molecule has 0 bridgehead atoms. The first-order chi connectivity index (χ1) is 9.65. The molecule has 0 aromatic rings. The van der Waals surface area contributed by atoms with Crippen LogP contribution in [0, 0.1) is 0 Å². The molecule has 1 aliphatic carbocycles. The molecule has 0 heterocycles. The highest BCUT2D eigenvalue weighted by atomic mass is 16.6. The van der Waals surface area contributed by atoms with Gasteiger partial charge in [-0.2, -0.15) is 0 Å². The predicted molar refractivity (Wildman–Crippen MR) is 74.1 cm³/mol. The molecule has 120 valence electrons. The average Bonchev–Trinajstić information content (AvgIpc) is 2.35. The van der Waals surface area contributed by atoms with Crippen LogP contribution in [0.15, 0.2) is 0 Å². The maximum Gasteiger partial charge on any atom is 0.451 e. The quantitative estimate of drug-likeness (QED) is 0.276. The molecule has 0 radical (unpaired) electrons. The molecule has 0 aromatic heterocycles. The molecule has 4 atom stereocenters. The summed E-state index contributed by atoms with van der Waals surface area (Å²) < 4.78 is 15.3. The zero-order valence-corrected chi connectivity index (χ0v) is 12.1. The molecule has 1 rings (SSSR count). The smallest absolute Gasteiger partial charge is 0.427 e. The fourth-order valence-corrected chi connectivity index (χ4v) is 2.32. The lowest BCUT2D eigenvalue weighted by Gasteiger charge is -2.46. The van der Waals surface area contributed by atoms with Gasteiger partial charge in [-0.25, -0.2) is 0 Å². The zero-order valence-electron chi connectivity index (χ0n) is 12.1. The molecule has 0 aliphatic heterocycles. The Hall–Kier alpha value is -0.165. The standard InChI is InChI=1S/C9H21B3O9/c1-10(16)19-7-5(14)4(13)6(15)8(20-11(2)17)9(7)21-12(3)18/h4-9,13-18H,1-3H3/t4?,5-,6-,7+,8+,9?/m1/s1. The van der Waals surface area contributed by atoms with Crippen molar-refractivity contribution in [3.05, 3.63) is 0 Å². The molecule has 0 aromatic carbocycles.